The quantitative estimate of drug-likeness (QED) is 0.818. The Hall–Kier alpha value is -1.45. The average molecular weight is 221 g/mol. The van der Waals surface area contributed by atoms with Crippen molar-refractivity contribution < 1.29 is 4.74 Å². The molecule has 1 aliphatic rings. The number of nitrogens with two attached hydrogens (primary N) is 1. The van der Waals surface area contributed by atoms with Gasteiger partial charge >= 0.3 is 0 Å². The lowest BCUT2D eigenvalue weighted by molar-refractivity contribution is 0.180. The van der Waals surface area contributed by atoms with Crippen molar-refractivity contribution >= 4 is 11.5 Å². The largest absolute Gasteiger partial charge is 0.479 e. The van der Waals surface area contributed by atoms with Crippen molar-refractivity contribution in [2.45, 2.75) is 26.2 Å². The summed E-state index contributed by atoms with van der Waals surface area (Å²) in [7, 11) is 1.58. The Kier molecular flexibility index (Phi) is 2.90. The molecule has 1 aliphatic carbocycles. The first-order valence-corrected chi connectivity index (χ1v) is 5.67. The number of pyridine rings is 1. The highest BCUT2D eigenvalue weighted by Crippen LogP contribution is 2.40. The number of rotatable bonds is 4. The average Bonchev–Trinajstić information content (AvgIpc) is 2.25. The second-order valence-corrected chi connectivity index (χ2v) is 4.81. The molecule has 1 fully saturated rings. The van der Waals surface area contributed by atoms with E-state index in [0.29, 0.717) is 17.0 Å². The summed E-state index contributed by atoms with van der Waals surface area (Å²) in [6, 6.07) is 3.71. The van der Waals surface area contributed by atoms with Crippen LogP contribution in [0.1, 0.15) is 26.2 Å². The zero-order valence-corrected chi connectivity index (χ0v) is 9.92. The minimum Gasteiger partial charge on any atom is -0.479 e. The van der Waals surface area contributed by atoms with Gasteiger partial charge in [0, 0.05) is 6.54 Å². The zero-order chi connectivity index (χ0) is 11.6. The third kappa shape index (κ3) is 2.21. The lowest BCUT2D eigenvalue weighted by Crippen LogP contribution is -2.33. The summed E-state index contributed by atoms with van der Waals surface area (Å²) in [6.07, 6.45) is 3.94. The van der Waals surface area contributed by atoms with Crippen LogP contribution in [-0.4, -0.2) is 18.6 Å². The SMILES string of the molecule is COc1nc(NCC2(C)CCC2)ccc1N. The second kappa shape index (κ2) is 4.20. The summed E-state index contributed by atoms with van der Waals surface area (Å²) < 4.78 is 5.08. The molecular formula is C12H19N3O. The fourth-order valence-electron chi connectivity index (χ4n) is 1.97. The number of methoxy groups -OCH3 is 1. The number of hydrogen-bond acceptors (Lipinski definition) is 4. The molecule has 0 aliphatic heterocycles. The third-order valence-corrected chi connectivity index (χ3v) is 3.34. The number of anilines is 2. The molecule has 0 saturated heterocycles. The predicted molar refractivity (Wildman–Crippen MR) is 65.6 cm³/mol. The van der Waals surface area contributed by atoms with Gasteiger partial charge in [0.05, 0.1) is 12.8 Å². The summed E-state index contributed by atoms with van der Waals surface area (Å²) >= 11 is 0. The maximum absolute atomic E-state index is 5.70. The monoisotopic (exact) mass is 221 g/mol. The number of nitrogens with one attached hydrogen (secondary N) is 1. The molecule has 0 amide bonds. The van der Waals surface area contributed by atoms with Gasteiger partial charge in [-0.25, -0.2) is 0 Å². The molecule has 0 spiro atoms. The first kappa shape index (κ1) is 11.0. The van der Waals surface area contributed by atoms with Crippen LogP contribution in [0.25, 0.3) is 0 Å². The summed E-state index contributed by atoms with van der Waals surface area (Å²) in [5.74, 6) is 1.32. The van der Waals surface area contributed by atoms with Crippen LogP contribution in [-0.2, 0) is 0 Å². The Balaban J connectivity index is 1.98. The van der Waals surface area contributed by atoms with Gasteiger partial charge in [0.15, 0.2) is 0 Å². The fourth-order valence-corrected chi connectivity index (χ4v) is 1.97. The van der Waals surface area contributed by atoms with Crippen molar-refractivity contribution in [3.05, 3.63) is 12.1 Å². The summed E-state index contributed by atoms with van der Waals surface area (Å²) in [6.45, 7) is 3.27. The molecule has 0 atom stereocenters. The van der Waals surface area contributed by atoms with E-state index in [2.05, 4.69) is 17.2 Å². The summed E-state index contributed by atoms with van der Waals surface area (Å²) in [4.78, 5) is 4.29. The van der Waals surface area contributed by atoms with E-state index < -0.39 is 0 Å². The molecule has 0 aromatic carbocycles. The van der Waals surface area contributed by atoms with Crippen molar-refractivity contribution in [2.24, 2.45) is 5.41 Å². The van der Waals surface area contributed by atoms with Crippen LogP contribution in [0.2, 0.25) is 0 Å². The van der Waals surface area contributed by atoms with Gasteiger partial charge in [-0.15, -0.1) is 0 Å². The van der Waals surface area contributed by atoms with Crippen LogP contribution in [0.4, 0.5) is 11.5 Å². The number of nitrogen functional groups attached to an aromatic ring is 1. The Morgan fingerprint density at radius 1 is 1.50 bits per heavy atom. The van der Waals surface area contributed by atoms with Crippen LogP contribution in [0.5, 0.6) is 5.88 Å². The standard InChI is InChI=1S/C12H19N3O/c1-12(6-3-7-12)8-14-10-5-4-9(13)11(15-10)16-2/h4-5H,3,6-8,13H2,1-2H3,(H,14,15). The Labute approximate surface area is 96.2 Å². The molecule has 1 heterocycles. The lowest BCUT2D eigenvalue weighted by Gasteiger charge is -2.38. The molecule has 2 rings (SSSR count). The third-order valence-electron chi connectivity index (χ3n) is 3.34. The smallest absolute Gasteiger partial charge is 0.238 e. The fraction of sp³-hybridized carbons (Fsp3) is 0.583. The molecule has 16 heavy (non-hydrogen) atoms. The van der Waals surface area contributed by atoms with Gasteiger partial charge in [0.2, 0.25) is 5.88 Å². The van der Waals surface area contributed by atoms with Gasteiger partial charge in [-0.3, -0.25) is 0 Å². The van der Waals surface area contributed by atoms with Crippen molar-refractivity contribution in [2.75, 3.05) is 24.7 Å². The van der Waals surface area contributed by atoms with Crippen molar-refractivity contribution in [3.63, 3.8) is 0 Å². The molecule has 1 saturated carbocycles. The highest BCUT2D eigenvalue weighted by Gasteiger charge is 2.31. The minimum absolute atomic E-state index is 0.441. The highest BCUT2D eigenvalue weighted by atomic mass is 16.5. The van der Waals surface area contributed by atoms with Crippen LogP contribution in [0, 0.1) is 5.41 Å². The number of ether oxygens (including phenoxy) is 1. The van der Waals surface area contributed by atoms with Crippen molar-refractivity contribution in [1.29, 1.82) is 0 Å². The predicted octanol–water partition coefficient (Wildman–Crippen LogP) is 2.27. The van der Waals surface area contributed by atoms with Crippen LogP contribution in [0.3, 0.4) is 0 Å². The van der Waals surface area contributed by atoms with Crippen LogP contribution < -0.4 is 15.8 Å². The molecule has 1 aromatic heterocycles. The topological polar surface area (TPSA) is 60.2 Å². The molecule has 0 unspecified atom stereocenters. The number of aromatic nitrogens is 1. The van der Waals surface area contributed by atoms with Crippen LogP contribution >= 0.6 is 0 Å². The Bertz CT molecular complexity index is 375. The first-order valence-electron chi connectivity index (χ1n) is 5.67. The van der Waals surface area contributed by atoms with Gasteiger partial charge in [0.1, 0.15) is 5.82 Å². The molecule has 0 radical (unpaired) electrons. The van der Waals surface area contributed by atoms with Gasteiger partial charge in [-0.05, 0) is 30.4 Å². The molecule has 4 nitrogen and oxygen atoms in total. The van der Waals surface area contributed by atoms with E-state index in [0.717, 1.165) is 12.4 Å². The molecule has 88 valence electrons. The normalized spacial score (nSPS) is 17.6. The molecular weight excluding hydrogens is 202 g/mol. The summed E-state index contributed by atoms with van der Waals surface area (Å²) in [5.41, 5.74) is 6.72. The molecule has 1 aromatic rings. The first-order chi connectivity index (χ1) is 7.63. The Morgan fingerprint density at radius 2 is 2.25 bits per heavy atom. The van der Waals surface area contributed by atoms with Gasteiger partial charge in [-0.1, -0.05) is 13.3 Å². The maximum atomic E-state index is 5.70. The molecule has 3 N–H and O–H groups in total. The van der Waals surface area contributed by atoms with E-state index in [1.54, 1.807) is 7.11 Å². The zero-order valence-electron chi connectivity index (χ0n) is 9.92. The lowest BCUT2D eigenvalue weighted by atomic mass is 9.70. The van der Waals surface area contributed by atoms with Crippen molar-refractivity contribution in [3.8, 4) is 5.88 Å². The van der Waals surface area contributed by atoms with E-state index in [-0.39, 0.29) is 0 Å². The van der Waals surface area contributed by atoms with Gasteiger partial charge in [0.25, 0.3) is 0 Å². The maximum Gasteiger partial charge on any atom is 0.238 e. The Morgan fingerprint density at radius 3 is 2.81 bits per heavy atom. The highest BCUT2D eigenvalue weighted by molar-refractivity contribution is 5.53. The summed E-state index contributed by atoms with van der Waals surface area (Å²) in [5, 5.41) is 3.34. The van der Waals surface area contributed by atoms with Crippen LogP contribution in [0.15, 0.2) is 12.1 Å². The number of nitrogens with zero attached hydrogens (tertiary/aromatic N) is 1. The second-order valence-electron chi connectivity index (χ2n) is 4.81. The van der Waals surface area contributed by atoms with E-state index >= 15 is 0 Å². The van der Waals surface area contributed by atoms with E-state index in [1.807, 2.05) is 12.1 Å². The van der Waals surface area contributed by atoms with Gasteiger partial charge < -0.3 is 15.8 Å². The number of hydrogen-bond donors (Lipinski definition) is 2. The van der Waals surface area contributed by atoms with E-state index in [1.165, 1.54) is 19.3 Å². The molecule has 0 bridgehead atoms. The van der Waals surface area contributed by atoms with E-state index in [9.17, 15) is 0 Å². The molecule has 4 heteroatoms. The van der Waals surface area contributed by atoms with E-state index in [4.69, 9.17) is 10.5 Å². The van der Waals surface area contributed by atoms with Gasteiger partial charge in [-0.2, -0.15) is 4.98 Å². The van der Waals surface area contributed by atoms with Crippen molar-refractivity contribution in [1.82, 2.24) is 4.98 Å². The minimum atomic E-state index is 0.441.